The highest BCUT2D eigenvalue weighted by atomic mass is 16.5. The topological polar surface area (TPSA) is 55.4 Å². The lowest BCUT2D eigenvalue weighted by Crippen LogP contribution is -2.32. The fourth-order valence-corrected chi connectivity index (χ4v) is 2.65. The molecule has 4 nitrogen and oxygen atoms in total. The Balaban J connectivity index is 3.50. The summed E-state index contributed by atoms with van der Waals surface area (Å²) in [6, 6.07) is 0.226. The van der Waals surface area contributed by atoms with Gasteiger partial charge in [0.15, 0.2) is 0 Å². The Labute approximate surface area is 149 Å². The molecule has 0 aliphatic heterocycles. The molecule has 0 aliphatic rings. The molecule has 0 radical (unpaired) electrons. The largest absolute Gasteiger partial charge is 0.466 e. The van der Waals surface area contributed by atoms with Gasteiger partial charge in [-0.05, 0) is 26.2 Å². The van der Waals surface area contributed by atoms with Gasteiger partial charge in [0, 0.05) is 18.9 Å². The van der Waals surface area contributed by atoms with Crippen LogP contribution in [0.25, 0.3) is 0 Å². The third-order valence-electron chi connectivity index (χ3n) is 4.19. The zero-order valence-electron chi connectivity index (χ0n) is 16.2. The van der Waals surface area contributed by atoms with Gasteiger partial charge in [-0.2, -0.15) is 0 Å². The van der Waals surface area contributed by atoms with Crippen LogP contribution in [0.4, 0.5) is 0 Å². The third kappa shape index (κ3) is 15.8. The lowest BCUT2D eigenvalue weighted by Gasteiger charge is -2.13. The maximum Gasteiger partial charge on any atom is 0.305 e. The van der Waals surface area contributed by atoms with Crippen LogP contribution in [0.15, 0.2) is 0 Å². The summed E-state index contributed by atoms with van der Waals surface area (Å²) in [4.78, 5) is 23.4. The molecule has 0 heterocycles. The van der Waals surface area contributed by atoms with Crippen LogP contribution < -0.4 is 5.32 Å². The fraction of sp³-hybridized carbons (Fsp3) is 0.900. The Kier molecular flexibility index (Phi) is 16.0. The summed E-state index contributed by atoms with van der Waals surface area (Å²) < 4.78 is 5.19. The van der Waals surface area contributed by atoms with Crippen LogP contribution in [0.2, 0.25) is 0 Å². The SMILES string of the molecule is CCCCCCCOC(=O)CCCC(=O)NC(C)CCCCCC. The highest BCUT2D eigenvalue weighted by Crippen LogP contribution is 2.07. The lowest BCUT2D eigenvalue weighted by atomic mass is 10.1. The Morgan fingerprint density at radius 2 is 1.46 bits per heavy atom. The van der Waals surface area contributed by atoms with Crippen molar-refractivity contribution < 1.29 is 14.3 Å². The van der Waals surface area contributed by atoms with Crippen molar-refractivity contribution in [1.29, 1.82) is 0 Å². The van der Waals surface area contributed by atoms with Gasteiger partial charge < -0.3 is 10.1 Å². The van der Waals surface area contributed by atoms with Crippen molar-refractivity contribution in [1.82, 2.24) is 5.32 Å². The molecule has 0 bridgehead atoms. The minimum absolute atomic E-state index is 0.0466. The number of amides is 1. The number of carbonyl (C=O) groups is 2. The van der Waals surface area contributed by atoms with Gasteiger partial charge in [0.25, 0.3) is 0 Å². The molecule has 1 unspecified atom stereocenters. The van der Waals surface area contributed by atoms with Gasteiger partial charge in [0.2, 0.25) is 5.91 Å². The molecule has 0 fully saturated rings. The second kappa shape index (κ2) is 16.8. The smallest absolute Gasteiger partial charge is 0.305 e. The number of ether oxygens (including phenoxy) is 1. The van der Waals surface area contributed by atoms with Gasteiger partial charge in [0.1, 0.15) is 0 Å². The minimum atomic E-state index is -0.175. The summed E-state index contributed by atoms with van der Waals surface area (Å²) in [5.74, 6) is -0.128. The van der Waals surface area contributed by atoms with Gasteiger partial charge >= 0.3 is 5.97 Å². The summed E-state index contributed by atoms with van der Waals surface area (Å²) in [5, 5.41) is 3.01. The van der Waals surface area contributed by atoms with Crippen molar-refractivity contribution in [3.05, 3.63) is 0 Å². The molecule has 0 aromatic carbocycles. The molecule has 1 amide bonds. The molecule has 0 saturated carbocycles. The monoisotopic (exact) mass is 341 g/mol. The summed E-state index contributed by atoms with van der Waals surface area (Å²) in [6.45, 7) is 6.95. The van der Waals surface area contributed by atoms with Crippen LogP contribution in [0.3, 0.4) is 0 Å². The summed E-state index contributed by atoms with van der Waals surface area (Å²) in [5.41, 5.74) is 0. The van der Waals surface area contributed by atoms with Gasteiger partial charge in [-0.15, -0.1) is 0 Å². The van der Waals surface area contributed by atoms with E-state index in [1.165, 1.54) is 44.9 Å². The lowest BCUT2D eigenvalue weighted by molar-refractivity contribution is -0.143. The molecule has 0 spiro atoms. The summed E-state index contributed by atoms with van der Waals surface area (Å²) in [7, 11) is 0. The molecule has 4 heteroatoms. The van der Waals surface area contributed by atoms with Crippen LogP contribution in [0, 0.1) is 0 Å². The van der Waals surface area contributed by atoms with E-state index in [1.54, 1.807) is 0 Å². The number of nitrogens with one attached hydrogen (secondary N) is 1. The van der Waals surface area contributed by atoms with Crippen LogP contribution in [0.1, 0.15) is 104 Å². The summed E-state index contributed by atoms with van der Waals surface area (Å²) in [6.07, 6.45) is 13.0. The predicted molar refractivity (Wildman–Crippen MR) is 99.9 cm³/mol. The van der Waals surface area contributed by atoms with E-state index in [0.29, 0.717) is 25.9 Å². The maximum atomic E-state index is 11.8. The van der Waals surface area contributed by atoms with Gasteiger partial charge in [-0.1, -0.05) is 65.2 Å². The molecule has 0 aromatic heterocycles. The molecule has 24 heavy (non-hydrogen) atoms. The van der Waals surface area contributed by atoms with E-state index < -0.39 is 0 Å². The number of unbranched alkanes of at least 4 members (excludes halogenated alkanes) is 7. The van der Waals surface area contributed by atoms with Crippen molar-refractivity contribution in [2.75, 3.05) is 6.61 Å². The van der Waals surface area contributed by atoms with Crippen LogP contribution >= 0.6 is 0 Å². The van der Waals surface area contributed by atoms with Crippen molar-refractivity contribution in [3.8, 4) is 0 Å². The minimum Gasteiger partial charge on any atom is -0.466 e. The first-order valence-electron chi connectivity index (χ1n) is 10.0. The third-order valence-corrected chi connectivity index (χ3v) is 4.19. The van der Waals surface area contributed by atoms with Gasteiger partial charge in [-0.25, -0.2) is 0 Å². The predicted octanol–water partition coefficient (Wildman–Crippen LogP) is 5.15. The Hall–Kier alpha value is -1.06. The number of carbonyl (C=O) groups excluding carboxylic acids is 2. The van der Waals surface area contributed by atoms with Crippen molar-refractivity contribution in [2.45, 2.75) is 110 Å². The second-order valence-corrected chi connectivity index (χ2v) is 6.81. The quantitative estimate of drug-likeness (QED) is 0.312. The number of hydrogen-bond donors (Lipinski definition) is 1. The van der Waals surface area contributed by atoms with Crippen LogP contribution in [-0.2, 0) is 14.3 Å². The number of rotatable bonds is 16. The van der Waals surface area contributed by atoms with E-state index in [9.17, 15) is 9.59 Å². The molecule has 1 atom stereocenters. The average Bonchev–Trinajstić information content (AvgIpc) is 2.55. The van der Waals surface area contributed by atoms with E-state index in [0.717, 1.165) is 19.3 Å². The molecule has 142 valence electrons. The van der Waals surface area contributed by atoms with E-state index in [2.05, 4.69) is 26.1 Å². The van der Waals surface area contributed by atoms with E-state index in [1.807, 2.05) is 0 Å². The maximum absolute atomic E-state index is 11.8. The zero-order valence-corrected chi connectivity index (χ0v) is 16.2. The van der Waals surface area contributed by atoms with Crippen LogP contribution in [-0.4, -0.2) is 24.5 Å². The van der Waals surface area contributed by atoms with Crippen molar-refractivity contribution in [2.24, 2.45) is 0 Å². The second-order valence-electron chi connectivity index (χ2n) is 6.81. The Morgan fingerprint density at radius 3 is 2.12 bits per heavy atom. The molecule has 1 N–H and O–H groups in total. The van der Waals surface area contributed by atoms with Crippen LogP contribution in [0.5, 0.6) is 0 Å². The molecule has 0 aromatic rings. The summed E-state index contributed by atoms with van der Waals surface area (Å²) >= 11 is 0. The fourth-order valence-electron chi connectivity index (χ4n) is 2.65. The highest BCUT2D eigenvalue weighted by molar-refractivity contribution is 5.77. The van der Waals surface area contributed by atoms with Gasteiger partial charge in [0.05, 0.1) is 6.61 Å². The van der Waals surface area contributed by atoms with Gasteiger partial charge in [-0.3, -0.25) is 9.59 Å². The molecular weight excluding hydrogens is 302 g/mol. The molecule has 0 saturated heterocycles. The van der Waals surface area contributed by atoms with E-state index >= 15 is 0 Å². The first-order valence-corrected chi connectivity index (χ1v) is 10.0. The van der Waals surface area contributed by atoms with E-state index in [4.69, 9.17) is 4.74 Å². The first kappa shape index (κ1) is 22.9. The highest BCUT2D eigenvalue weighted by Gasteiger charge is 2.09. The molecular formula is C20H39NO3. The Morgan fingerprint density at radius 1 is 0.833 bits per heavy atom. The van der Waals surface area contributed by atoms with Crippen molar-refractivity contribution >= 4 is 11.9 Å². The normalized spacial score (nSPS) is 12.0. The molecule has 0 aliphatic carbocycles. The Bertz CT molecular complexity index is 318. The first-order chi connectivity index (χ1) is 11.6. The van der Waals surface area contributed by atoms with E-state index in [-0.39, 0.29) is 17.9 Å². The molecule has 0 rings (SSSR count). The standard InChI is InChI=1S/C20H39NO3/c1-4-6-8-10-12-17-24-20(23)16-13-15-19(22)21-18(3)14-11-9-7-5-2/h18H,4-17H2,1-3H3,(H,21,22). The zero-order chi connectivity index (χ0) is 18.0. The van der Waals surface area contributed by atoms with Crippen molar-refractivity contribution in [3.63, 3.8) is 0 Å². The number of esters is 1. The number of hydrogen-bond acceptors (Lipinski definition) is 3. The average molecular weight is 342 g/mol.